The largest absolute Gasteiger partial charge is 0.326 e. The van der Waals surface area contributed by atoms with E-state index in [4.69, 9.17) is 11.5 Å². The zero-order valence-electron chi connectivity index (χ0n) is 10.9. The van der Waals surface area contributed by atoms with Gasteiger partial charge in [0.25, 0.3) is 0 Å². The number of hydrogen-bond acceptors (Lipinski definition) is 6. The fraction of sp³-hybridized carbons (Fsp3) is 0.692. The second-order valence-electron chi connectivity index (χ2n) is 5.54. The molecule has 0 amide bonds. The zero-order chi connectivity index (χ0) is 13.5. The van der Waals surface area contributed by atoms with Gasteiger partial charge in [-0.15, -0.1) is 11.3 Å². The van der Waals surface area contributed by atoms with Crippen molar-refractivity contribution < 1.29 is 4.79 Å². The third kappa shape index (κ3) is 2.23. The highest BCUT2D eigenvalue weighted by molar-refractivity contribution is 7.13. The van der Waals surface area contributed by atoms with Crippen LogP contribution >= 0.6 is 11.3 Å². The van der Waals surface area contributed by atoms with Crippen molar-refractivity contribution in [3.63, 3.8) is 0 Å². The van der Waals surface area contributed by atoms with Gasteiger partial charge in [0.15, 0.2) is 5.01 Å². The van der Waals surface area contributed by atoms with Gasteiger partial charge in [-0.1, -0.05) is 12.8 Å². The highest BCUT2D eigenvalue weighted by Gasteiger charge is 2.43. The molecule has 6 heteroatoms. The van der Waals surface area contributed by atoms with E-state index in [1.807, 2.05) is 0 Å². The number of carbonyl (C=O) groups excluding carboxylic acids is 1. The van der Waals surface area contributed by atoms with Gasteiger partial charge < -0.3 is 16.8 Å². The average Bonchev–Trinajstić information content (AvgIpc) is 2.85. The summed E-state index contributed by atoms with van der Waals surface area (Å²) in [6.07, 6.45) is 4.43. The van der Waals surface area contributed by atoms with Crippen LogP contribution in [0.5, 0.6) is 0 Å². The number of hydrogen-bond donors (Lipinski definition) is 3. The summed E-state index contributed by atoms with van der Waals surface area (Å²) in [5.74, 6) is -0.0564. The molecule has 1 aromatic rings. The molecule has 0 spiro atoms. The van der Waals surface area contributed by atoms with Gasteiger partial charge in [0.05, 0.1) is 11.2 Å². The quantitative estimate of drug-likeness (QED) is 0.689. The van der Waals surface area contributed by atoms with E-state index < -0.39 is 5.54 Å². The first-order valence-corrected chi connectivity index (χ1v) is 7.71. The molecular formula is C13H20N4OS. The Bertz CT molecular complexity index is 477. The van der Waals surface area contributed by atoms with Crippen LogP contribution in [-0.2, 0) is 13.0 Å². The molecule has 5 nitrogen and oxygen atoms in total. The molecule has 0 bridgehead atoms. The summed E-state index contributed by atoms with van der Waals surface area (Å²) in [6.45, 7) is 1.74. The summed E-state index contributed by atoms with van der Waals surface area (Å²) in [5, 5.41) is 3.84. The molecule has 2 atom stereocenters. The Hall–Kier alpha value is -0.820. The lowest BCUT2D eigenvalue weighted by Crippen LogP contribution is -2.62. The van der Waals surface area contributed by atoms with Crippen molar-refractivity contribution in [1.29, 1.82) is 0 Å². The van der Waals surface area contributed by atoms with E-state index in [1.54, 1.807) is 0 Å². The van der Waals surface area contributed by atoms with E-state index in [0.29, 0.717) is 11.4 Å². The first kappa shape index (κ1) is 13.2. The number of carbonyl (C=O) groups is 1. The Morgan fingerprint density at radius 3 is 3.05 bits per heavy atom. The molecule has 3 rings (SSSR count). The first-order valence-electron chi connectivity index (χ1n) is 6.90. The van der Waals surface area contributed by atoms with Gasteiger partial charge >= 0.3 is 0 Å². The van der Waals surface area contributed by atoms with Crippen molar-refractivity contribution in [3.05, 3.63) is 15.6 Å². The smallest absolute Gasteiger partial charge is 0.212 e. The molecule has 2 heterocycles. The van der Waals surface area contributed by atoms with Crippen LogP contribution in [0.4, 0.5) is 0 Å². The normalized spacial score (nSPS) is 30.9. The third-order valence-electron chi connectivity index (χ3n) is 4.24. The van der Waals surface area contributed by atoms with Crippen LogP contribution in [0.2, 0.25) is 0 Å². The highest BCUT2D eigenvalue weighted by Crippen LogP contribution is 2.31. The van der Waals surface area contributed by atoms with Gasteiger partial charge in [0, 0.05) is 30.4 Å². The van der Waals surface area contributed by atoms with Crippen molar-refractivity contribution >= 4 is 17.1 Å². The van der Waals surface area contributed by atoms with Gasteiger partial charge in [-0.05, 0) is 12.8 Å². The molecule has 104 valence electrons. The minimum Gasteiger partial charge on any atom is -0.326 e. The summed E-state index contributed by atoms with van der Waals surface area (Å²) >= 11 is 1.48. The van der Waals surface area contributed by atoms with Crippen molar-refractivity contribution in [1.82, 2.24) is 10.3 Å². The van der Waals surface area contributed by atoms with Crippen molar-refractivity contribution in [3.8, 4) is 0 Å². The molecule has 2 aliphatic rings. The number of nitrogens with one attached hydrogen (secondary N) is 1. The molecule has 1 fully saturated rings. The molecule has 1 aliphatic carbocycles. The SMILES string of the molecule is NC1CCCCC1(N)C(=O)c1nc2c(s1)CNCC2. The van der Waals surface area contributed by atoms with E-state index in [-0.39, 0.29) is 11.8 Å². The maximum atomic E-state index is 12.7. The lowest BCUT2D eigenvalue weighted by atomic mass is 9.76. The Balaban J connectivity index is 1.88. The fourth-order valence-corrected chi connectivity index (χ4v) is 4.04. The molecule has 19 heavy (non-hydrogen) atoms. The number of thiazole rings is 1. The summed E-state index contributed by atoms with van der Waals surface area (Å²) in [4.78, 5) is 18.3. The predicted octanol–water partition coefficient (Wildman–Crippen LogP) is 0.570. The van der Waals surface area contributed by atoms with Crippen LogP contribution in [0.3, 0.4) is 0 Å². The van der Waals surface area contributed by atoms with Crippen molar-refractivity contribution in [2.75, 3.05) is 6.54 Å². The van der Waals surface area contributed by atoms with Gasteiger partial charge in [-0.25, -0.2) is 4.98 Å². The van der Waals surface area contributed by atoms with E-state index in [0.717, 1.165) is 44.5 Å². The topological polar surface area (TPSA) is 94.0 Å². The minimum absolute atomic E-state index is 0.0564. The van der Waals surface area contributed by atoms with Crippen molar-refractivity contribution in [2.45, 2.75) is 50.2 Å². The van der Waals surface area contributed by atoms with E-state index in [1.165, 1.54) is 16.2 Å². The maximum Gasteiger partial charge on any atom is 0.212 e. The van der Waals surface area contributed by atoms with Crippen LogP contribution < -0.4 is 16.8 Å². The van der Waals surface area contributed by atoms with Crippen molar-refractivity contribution in [2.24, 2.45) is 11.5 Å². The van der Waals surface area contributed by atoms with Gasteiger partial charge in [-0.2, -0.15) is 0 Å². The molecule has 2 unspecified atom stereocenters. The Morgan fingerprint density at radius 1 is 1.47 bits per heavy atom. The maximum absolute atomic E-state index is 12.7. The van der Waals surface area contributed by atoms with E-state index in [2.05, 4.69) is 10.3 Å². The Kier molecular flexibility index (Phi) is 3.42. The van der Waals surface area contributed by atoms with E-state index in [9.17, 15) is 4.79 Å². The number of rotatable bonds is 2. The number of nitrogens with zero attached hydrogens (tertiary/aromatic N) is 1. The van der Waals surface area contributed by atoms with E-state index >= 15 is 0 Å². The lowest BCUT2D eigenvalue weighted by molar-refractivity contribution is 0.0822. The lowest BCUT2D eigenvalue weighted by Gasteiger charge is -2.36. The van der Waals surface area contributed by atoms with Crippen LogP contribution in [0.15, 0.2) is 0 Å². The monoisotopic (exact) mass is 280 g/mol. The molecule has 0 saturated heterocycles. The summed E-state index contributed by atoms with van der Waals surface area (Å²) in [5.41, 5.74) is 12.5. The van der Waals surface area contributed by atoms with Crippen LogP contribution in [0.1, 0.15) is 46.1 Å². The standard InChI is InChI=1S/C13H20N4OS/c14-10-3-1-2-5-13(10,15)11(18)12-17-8-4-6-16-7-9(8)19-12/h10,16H,1-7,14-15H2. The molecule has 1 saturated carbocycles. The second kappa shape index (κ2) is 4.94. The fourth-order valence-electron chi connectivity index (χ4n) is 2.93. The highest BCUT2D eigenvalue weighted by atomic mass is 32.1. The Morgan fingerprint density at radius 2 is 2.32 bits per heavy atom. The number of ketones is 1. The number of aromatic nitrogens is 1. The molecule has 5 N–H and O–H groups in total. The van der Waals surface area contributed by atoms with Gasteiger partial charge in [0.2, 0.25) is 5.78 Å². The molecule has 1 aliphatic heterocycles. The van der Waals surface area contributed by atoms with Gasteiger partial charge in [0.1, 0.15) is 0 Å². The Labute approximate surface area is 116 Å². The minimum atomic E-state index is -0.911. The molecule has 0 aromatic carbocycles. The third-order valence-corrected chi connectivity index (χ3v) is 5.33. The predicted molar refractivity (Wildman–Crippen MR) is 75.2 cm³/mol. The average molecular weight is 280 g/mol. The summed E-state index contributed by atoms with van der Waals surface area (Å²) in [7, 11) is 0. The van der Waals surface area contributed by atoms with Crippen LogP contribution in [0.25, 0.3) is 0 Å². The summed E-state index contributed by atoms with van der Waals surface area (Å²) in [6, 6.07) is -0.243. The molecular weight excluding hydrogens is 260 g/mol. The molecule has 0 radical (unpaired) electrons. The second-order valence-corrected chi connectivity index (χ2v) is 6.62. The first-order chi connectivity index (χ1) is 9.11. The molecule has 1 aromatic heterocycles. The zero-order valence-corrected chi connectivity index (χ0v) is 11.8. The number of Topliss-reactive ketones (excluding diaryl/α,β-unsaturated/α-hetero) is 1. The summed E-state index contributed by atoms with van der Waals surface area (Å²) < 4.78 is 0. The van der Waals surface area contributed by atoms with Gasteiger partial charge in [-0.3, -0.25) is 4.79 Å². The number of nitrogens with two attached hydrogens (primary N) is 2. The van der Waals surface area contributed by atoms with Crippen LogP contribution in [0, 0.1) is 0 Å². The van der Waals surface area contributed by atoms with Crippen LogP contribution in [-0.4, -0.2) is 28.9 Å². The number of fused-ring (bicyclic) bond motifs is 1.